The molecule has 2 unspecified atom stereocenters. The van der Waals surface area contributed by atoms with Crippen LogP contribution in [0.5, 0.6) is 0 Å². The largest absolute Gasteiger partial charge is 0.316 e. The van der Waals surface area contributed by atoms with Crippen LogP contribution in [0.1, 0.15) is 32.3 Å². The minimum Gasteiger partial charge on any atom is -0.316 e. The molecule has 0 radical (unpaired) electrons. The van der Waals surface area contributed by atoms with Gasteiger partial charge in [-0.3, -0.25) is 0 Å². The van der Waals surface area contributed by atoms with E-state index in [9.17, 15) is 0 Å². The van der Waals surface area contributed by atoms with Crippen molar-refractivity contribution in [3.63, 3.8) is 0 Å². The maximum absolute atomic E-state index is 3.56. The first-order valence-corrected chi connectivity index (χ1v) is 7.44. The summed E-state index contributed by atoms with van der Waals surface area (Å²) < 4.78 is 0. The molecule has 100 valence electrons. The summed E-state index contributed by atoms with van der Waals surface area (Å²) in [5.74, 6) is 0.806. The van der Waals surface area contributed by atoms with Gasteiger partial charge in [0.25, 0.3) is 0 Å². The Morgan fingerprint density at radius 3 is 2.74 bits per heavy atom. The number of rotatable bonds is 5. The van der Waals surface area contributed by atoms with E-state index in [1.54, 1.807) is 0 Å². The Hall–Kier alpha value is -1.34. The lowest BCUT2D eigenvalue weighted by Crippen LogP contribution is -2.20. The van der Waals surface area contributed by atoms with Crippen LogP contribution in [0.4, 0.5) is 0 Å². The first-order valence-electron chi connectivity index (χ1n) is 7.44. The first-order chi connectivity index (χ1) is 9.24. The molecule has 1 N–H and O–H groups in total. The van der Waals surface area contributed by atoms with Crippen LogP contribution in [0.15, 0.2) is 42.5 Å². The first kappa shape index (κ1) is 12.7. The zero-order valence-electron chi connectivity index (χ0n) is 11.9. The van der Waals surface area contributed by atoms with Crippen LogP contribution >= 0.6 is 0 Å². The highest BCUT2D eigenvalue weighted by molar-refractivity contribution is 5.83. The Morgan fingerprint density at radius 2 is 1.95 bits per heavy atom. The molecule has 0 amide bonds. The van der Waals surface area contributed by atoms with E-state index in [4.69, 9.17) is 0 Å². The standard InChI is InChI=1S/C18H23N/c1-3-10-19-13-17-12-18(17,2)16-9-8-14-6-4-5-7-15(14)11-16/h4-9,11,17,19H,3,10,12-13H2,1-2H3. The molecule has 0 aromatic heterocycles. The summed E-state index contributed by atoms with van der Waals surface area (Å²) in [4.78, 5) is 0. The molecule has 1 saturated carbocycles. The second-order valence-corrected chi connectivity index (χ2v) is 6.08. The number of hydrogen-bond acceptors (Lipinski definition) is 1. The molecule has 0 bridgehead atoms. The van der Waals surface area contributed by atoms with E-state index in [0.717, 1.165) is 19.0 Å². The van der Waals surface area contributed by atoms with E-state index in [2.05, 4.69) is 61.6 Å². The van der Waals surface area contributed by atoms with Crippen molar-refractivity contribution in [2.45, 2.75) is 32.1 Å². The van der Waals surface area contributed by atoms with Crippen molar-refractivity contribution in [3.8, 4) is 0 Å². The van der Waals surface area contributed by atoms with Gasteiger partial charge in [-0.25, -0.2) is 0 Å². The zero-order valence-corrected chi connectivity index (χ0v) is 11.9. The second-order valence-electron chi connectivity index (χ2n) is 6.08. The molecule has 3 rings (SSSR count). The molecular formula is C18H23N. The van der Waals surface area contributed by atoms with E-state index in [-0.39, 0.29) is 0 Å². The Morgan fingerprint density at radius 1 is 1.16 bits per heavy atom. The molecule has 2 aromatic rings. The van der Waals surface area contributed by atoms with E-state index in [1.807, 2.05) is 0 Å². The van der Waals surface area contributed by atoms with Gasteiger partial charge in [0.1, 0.15) is 0 Å². The van der Waals surface area contributed by atoms with Gasteiger partial charge in [0.05, 0.1) is 0 Å². The molecule has 1 fully saturated rings. The highest BCUT2D eigenvalue weighted by Gasteiger charge is 2.50. The van der Waals surface area contributed by atoms with Crippen LogP contribution in [0, 0.1) is 5.92 Å². The van der Waals surface area contributed by atoms with Crippen LogP contribution in [0.3, 0.4) is 0 Å². The predicted molar refractivity (Wildman–Crippen MR) is 82.6 cm³/mol. The minimum atomic E-state index is 0.394. The van der Waals surface area contributed by atoms with Gasteiger partial charge in [0.2, 0.25) is 0 Å². The Balaban J connectivity index is 1.77. The molecule has 2 atom stereocenters. The number of benzene rings is 2. The summed E-state index contributed by atoms with van der Waals surface area (Å²) in [5, 5.41) is 6.27. The van der Waals surface area contributed by atoms with Crippen molar-refractivity contribution in [2.24, 2.45) is 5.92 Å². The molecule has 1 aliphatic rings. The van der Waals surface area contributed by atoms with Crippen molar-refractivity contribution in [2.75, 3.05) is 13.1 Å². The Labute approximate surface area is 116 Å². The second kappa shape index (κ2) is 4.97. The fourth-order valence-electron chi connectivity index (χ4n) is 3.10. The lowest BCUT2D eigenvalue weighted by molar-refractivity contribution is 0.575. The molecular weight excluding hydrogens is 230 g/mol. The molecule has 1 heteroatoms. The third-order valence-electron chi connectivity index (χ3n) is 4.64. The molecule has 19 heavy (non-hydrogen) atoms. The van der Waals surface area contributed by atoms with Gasteiger partial charge < -0.3 is 5.32 Å². The van der Waals surface area contributed by atoms with Gasteiger partial charge in [0.15, 0.2) is 0 Å². The molecule has 0 spiro atoms. The molecule has 0 aliphatic heterocycles. The highest BCUT2D eigenvalue weighted by Crippen LogP contribution is 2.53. The van der Waals surface area contributed by atoms with Gasteiger partial charge in [-0.1, -0.05) is 56.3 Å². The summed E-state index contributed by atoms with van der Waals surface area (Å²) in [6.07, 6.45) is 2.54. The van der Waals surface area contributed by atoms with Gasteiger partial charge in [-0.05, 0) is 53.6 Å². The van der Waals surface area contributed by atoms with Crippen LogP contribution in [0.2, 0.25) is 0 Å². The smallest absolute Gasteiger partial charge is 0.00118 e. The van der Waals surface area contributed by atoms with Crippen molar-refractivity contribution in [3.05, 3.63) is 48.0 Å². The van der Waals surface area contributed by atoms with Crippen molar-refractivity contribution >= 4 is 10.8 Å². The molecule has 0 heterocycles. The summed E-state index contributed by atoms with van der Waals surface area (Å²) in [5.41, 5.74) is 1.90. The molecule has 2 aromatic carbocycles. The van der Waals surface area contributed by atoms with Crippen molar-refractivity contribution in [1.29, 1.82) is 0 Å². The van der Waals surface area contributed by atoms with Gasteiger partial charge in [0, 0.05) is 0 Å². The number of fused-ring (bicyclic) bond motifs is 1. The molecule has 0 saturated heterocycles. The van der Waals surface area contributed by atoms with Crippen LogP contribution in [-0.2, 0) is 5.41 Å². The SMILES string of the molecule is CCCNCC1CC1(C)c1ccc2ccccc2c1. The highest BCUT2D eigenvalue weighted by atomic mass is 14.9. The Bertz CT molecular complexity index is 575. The third-order valence-corrected chi connectivity index (χ3v) is 4.64. The van der Waals surface area contributed by atoms with E-state index in [1.165, 1.54) is 29.2 Å². The van der Waals surface area contributed by atoms with Crippen molar-refractivity contribution in [1.82, 2.24) is 5.32 Å². The van der Waals surface area contributed by atoms with Crippen LogP contribution in [0.25, 0.3) is 10.8 Å². The summed E-state index contributed by atoms with van der Waals surface area (Å²) >= 11 is 0. The zero-order chi connectivity index (χ0) is 13.3. The predicted octanol–water partition coefficient (Wildman–Crippen LogP) is 4.12. The van der Waals surface area contributed by atoms with E-state index >= 15 is 0 Å². The van der Waals surface area contributed by atoms with Crippen LogP contribution in [-0.4, -0.2) is 13.1 Å². The fraction of sp³-hybridized carbons (Fsp3) is 0.444. The quantitative estimate of drug-likeness (QED) is 0.790. The maximum atomic E-state index is 3.56. The fourth-order valence-corrected chi connectivity index (χ4v) is 3.10. The lowest BCUT2D eigenvalue weighted by Gasteiger charge is -2.13. The van der Waals surface area contributed by atoms with E-state index in [0.29, 0.717) is 5.41 Å². The van der Waals surface area contributed by atoms with Gasteiger partial charge in [-0.15, -0.1) is 0 Å². The number of hydrogen-bond donors (Lipinski definition) is 1. The normalized spacial score (nSPS) is 25.7. The number of nitrogens with one attached hydrogen (secondary N) is 1. The monoisotopic (exact) mass is 253 g/mol. The summed E-state index contributed by atoms with van der Waals surface area (Å²) in [7, 11) is 0. The summed E-state index contributed by atoms with van der Waals surface area (Å²) in [6, 6.07) is 15.6. The molecule has 1 aliphatic carbocycles. The average molecular weight is 253 g/mol. The van der Waals surface area contributed by atoms with E-state index < -0.39 is 0 Å². The van der Waals surface area contributed by atoms with Crippen molar-refractivity contribution < 1.29 is 0 Å². The summed E-state index contributed by atoms with van der Waals surface area (Å²) in [6.45, 7) is 6.94. The Kier molecular flexibility index (Phi) is 3.32. The average Bonchev–Trinajstić information content (AvgIpc) is 3.11. The lowest BCUT2D eigenvalue weighted by atomic mass is 9.93. The maximum Gasteiger partial charge on any atom is -0.00118 e. The van der Waals surface area contributed by atoms with Crippen LogP contribution < -0.4 is 5.32 Å². The topological polar surface area (TPSA) is 12.0 Å². The molecule has 1 nitrogen and oxygen atoms in total. The van der Waals surface area contributed by atoms with Gasteiger partial charge in [-0.2, -0.15) is 0 Å². The van der Waals surface area contributed by atoms with Gasteiger partial charge >= 0.3 is 0 Å². The third kappa shape index (κ3) is 2.40. The minimum absolute atomic E-state index is 0.394.